The smallest absolute Gasteiger partial charge is 0.306 e. The molecule has 2 N–H and O–H groups in total. The number of nitrogens with one attached hydrogen (secondary N) is 1. The number of hydrogen-bond donors (Lipinski definition) is 2. The lowest BCUT2D eigenvalue weighted by Crippen LogP contribution is -2.63. The molecule has 1 saturated carbocycles. The average Bonchev–Trinajstić information content (AvgIpc) is 3.71. The summed E-state index contributed by atoms with van der Waals surface area (Å²) < 4.78 is 21.9. The molecule has 3 aliphatic heterocycles. The Morgan fingerprint density at radius 2 is 1.80 bits per heavy atom. The number of anilines is 1. The number of carbonyl (C=O) groups excluding carboxylic acids is 2. The van der Waals surface area contributed by atoms with Gasteiger partial charge in [-0.25, -0.2) is 4.39 Å². The number of hydrogen-bond acceptors (Lipinski definition) is 7. The molecule has 0 bridgehead atoms. The number of piperidine rings is 1. The van der Waals surface area contributed by atoms with Crippen molar-refractivity contribution in [3.63, 3.8) is 0 Å². The molecule has 0 unspecified atom stereocenters. The summed E-state index contributed by atoms with van der Waals surface area (Å²) in [5, 5.41) is 14.1. The monoisotopic (exact) mass is 712 g/mol. The molecule has 12 heteroatoms. The summed E-state index contributed by atoms with van der Waals surface area (Å²) in [5.74, 6) is -2.17. The molecule has 2 aromatic rings. The predicted molar refractivity (Wildman–Crippen MR) is 189 cm³/mol. The van der Waals surface area contributed by atoms with Crippen molar-refractivity contribution in [1.29, 1.82) is 0 Å². The lowest BCUT2D eigenvalue weighted by Gasteiger charge is -2.49. The lowest BCUT2D eigenvalue weighted by molar-refractivity contribution is -0.144. The average molecular weight is 713 g/mol. The molecule has 0 radical (unpaired) electrons. The van der Waals surface area contributed by atoms with Crippen LogP contribution in [0.25, 0.3) is 6.08 Å². The highest BCUT2D eigenvalue weighted by atomic mass is 35.5. The van der Waals surface area contributed by atoms with Crippen LogP contribution in [-0.4, -0.2) is 101 Å². The van der Waals surface area contributed by atoms with Gasteiger partial charge in [0, 0.05) is 47.5 Å². The van der Waals surface area contributed by atoms with E-state index in [0.29, 0.717) is 50.4 Å². The van der Waals surface area contributed by atoms with E-state index in [2.05, 4.69) is 15.1 Å². The fourth-order valence-corrected chi connectivity index (χ4v) is 9.56. The van der Waals surface area contributed by atoms with Gasteiger partial charge in [-0.2, -0.15) is 0 Å². The zero-order valence-corrected chi connectivity index (χ0v) is 29.5. The number of amides is 2. The van der Waals surface area contributed by atoms with Crippen LogP contribution in [0.3, 0.4) is 0 Å². The number of aryl methyl sites for hydroxylation is 1. The molecule has 1 aromatic carbocycles. The molecule has 9 nitrogen and oxygen atoms in total. The van der Waals surface area contributed by atoms with Crippen LogP contribution in [0.4, 0.5) is 10.1 Å². The van der Waals surface area contributed by atoms with Crippen LogP contribution in [0.2, 0.25) is 5.02 Å². The van der Waals surface area contributed by atoms with Crippen LogP contribution < -0.4 is 5.32 Å². The van der Waals surface area contributed by atoms with Gasteiger partial charge in [-0.15, -0.1) is 11.3 Å². The highest BCUT2D eigenvalue weighted by Gasteiger charge is 2.44. The Hall–Kier alpha value is -2.83. The summed E-state index contributed by atoms with van der Waals surface area (Å²) in [6.45, 7) is 5.28. The molecule has 4 fully saturated rings. The minimum Gasteiger partial charge on any atom is -0.481 e. The number of benzene rings is 1. The third-order valence-corrected chi connectivity index (χ3v) is 12.7. The Labute approximate surface area is 296 Å². The van der Waals surface area contributed by atoms with E-state index in [-0.39, 0.29) is 58.6 Å². The second-order valence-corrected chi connectivity index (χ2v) is 15.8. The molecule has 1 aromatic heterocycles. The second kappa shape index (κ2) is 15.2. The van der Waals surface area contributed by atoms with Gasteiger partial charge in [0.15, 0.2) is 0 Å². The van der Waals surface area contributed by atoms with Crippen molar-refractivity contribution < 1.29 is 28.6 Å². The van der Waals surface area contributed by atoms with Crippen molar-refractivity contribution in [3.05, 3.63) is 56.0 Å². The van der Waals surface area contributed by atoms with E-state index in [1.165, 1.54) is 31.4 Å². The number of thiophene rings is 1. The van der Waals surface area contributed by atoms with Gasteiger partial charge < -0.3 is 20.1 Å². The summed E-state index contributed by atoms with van der Waals surface area (Å²) in [4.78, 5) is 46.5. The molecule has 2 amide bonds. The molecule has 264 valence electrons. The van der Waals surface area contributed by atoms with Crippen molar-refractivity contribution >= 4 is 52.5 Å². The van der Waals surface area contributed by atoms with E-state index < -0.39 is 11.8 Å². The van der Waals surface area contributed by atoms with Gasteiger partial charge in [0.25, 0.3) is 5.91 Å². The SMILES string of the molecule is O=C(Nc1cc(F)c(CC(=O)N2C[C@@H](N3CC(N4CCCCC4)C3)C[C@H]2CO[C@H]2CC[C@H](C(=O)O)CC2)cc1Cl)c1csc2c1C=CCC2. The Kier molecular flexibility index (Phi) is 10.7. The summed E-state index contributed by atoms with van der Waals surface area (Å²) >= 11 is 8.12. The van der Waals surface area contributed by atoms with Gasteiger partial charge in [0.05, 0.1) is 47.4 Å². The first-order chi connectivity index (χ1) is 23.7. The maximum atomic E-state index is 15.5. The number of nitrogens with zero attached hydrogens (tertiary/aromatic N) is 3. The Morgan fingerprint density at radius 1 is 1.02 bits per heavy atom. The topological polar surface area (TPSA) is 102 Å². The first-order valence-electron chi connectivity index (χ1n) is 17.9. The third-order valence-electron chi connectivity index (χ3n) is 11.3. The maximum absolute atomic E-state index is 15.5. The fraction of sp³-hybridized carbons (Fsp3) is 0.595. The molecule has 2 aliphatic carbocycles. The minimum atomic E-state index is -0.743. The van der Waals surface area contributed by atoms with Gasteiger partial charge >= 0.3 is 5.97 Å². The first-order valence-corrected chi connectivity index (χ1v) is 19.2. The largest absolute Gasteiger partial charge is 0.481 e. The van der Waals surface area contributed by atoms with E-state index in [4.69, 9.17) is 16.3 Å². The normalized spacial score (nSPS) is 26.4. The van der Waals surface area contributed by atoms with Crippen LogP contribution in [0.5, 0.6) is 0 Å². The number of carboxylic acid groups (broad SMARTS) is 1. The second-order valence-electron chi connectivity index (χ2n) is 14.4. The number of halogens is 2. The molecule has 2 atom stereocenters. The minimum absolute atomic E-state index is 0.0197. The molecule has 0 spiro atoms. The maximum Gasteiger partial charge on any atom is 0.306 e. The molecule has 7 rings (SSSR count). The molecule has 49 heavy (non-hydrogen) atoms. The predicted octanol–water partition coefficient (Wildman–Crippen LogP) is 6.09. The molecule has 5 aliphatic rings. The van der Waals surface area contributed by atoms with Crippen molar-refractivity contribution in [1.82, 2.24) is 14.7 Å². The summed E-state index contributed by atoms with van der Waals surface area (Å²) in [6, 6.07) is 3.29. The van der Waals surface area contributed by atoms with Gasteiger partial charge in [0.2, 0.25) is 5.91 Å². The summed E-state index contributed by atoms with van der Waals surface area (Å²) in [5.41, 5.74) is 1.81. The Balaban J connectivity index is 1.000. The number of allylic oxidation sites excluding steroid dienone is 1. The number of rotatable bonds is 10. The third kappa shape index (κ3) is 7.76. The number of carboxylic acids is 1. The van der Waals surface area contributed by atoms with Gasteiger partial charge in [-0.05, 0) is 88.6 Å². The standard InChI is InChI=1S/C37H46ClFN4O5S/c38-31-14-24(32(39)17-33(31)40-36(45)30-22-49-34-7-3-2-6-29(30)34)15-35(44)43-20-25(42-18-27(19-42)41-12-4-1-5-13-41)16-26(43)21-48-28-10-8-23(9-11-28)37(46)47/h2,6,14,17,22-23,25-28H,1,3-5,7-13,15-16,18-21H2,(H,40,45)(H,46,47)/t23-,25-,26-,28-/m0/s1. The van der Waals surface area contributed by atoms with Gasteiger partial charge in [0.1, 0.15) is 5.82 Å². The molecular formula is C37H46ClFN4O5S. The van der Waals surface area contributed by atoms with Crippen LogP contribution in [-0.2, 0) is 27.2 Å². The van der Waals surface area contributed by atoms with Crippen LogP contribution in [0.15, 0.2) is 23.6 Å². The molecular weight excluding hydrogens is 667 g/mol. The van der Waals surface area contributed by atoms with Crippen LogP contribution in [0, 0.1) is 11.7 Å². The van der Waals surface area contributed by atoms with E-state index >= 15 is 4.39 Å². The summed E-state index contributed by atoms with van der Waals surface area (Å²) in [6.07, 6.45) is 12.9. The number of likely N-dealkylation sites (tertiary alicyclic amines) is 3. The van der Waals surface area contributed by atoms with E-state index in [1.807, 2.05) is 22.4 Å². The number of aliphatic carboxylic acids is 1. The first kappa shape index (κ1) is 34.6. The lowest BCUT2D eigenvalue weighted by atomic mass is 9.87. The van der Waals surface area contributed by atoms with Gasteiger partial charge in [-0.3, -0.25) is 24.2 Å². The molecule has 4 heterocycles. The van der Waals surface area contributed by atoms with Crippen molar-refractivity contribution in [2.75, 3.05) is 44.6 Å². The Bertz CT molecular complexity index is 1580. The van der Waals surface area contributed by atoms with Crippen LogP contribution in [0.1, 0.15) is 84.1 Å². The Morgan fingerprint density at radius 3 is 2.55 bits per heavy atom. The van der Waals surface area contributed by atoms with Crippen LogP contribution >= 0.6 is 22.9 Å². The van der Waals surface area contributed by atoms with Crippen molar-refractivity contribution in [2.45, 2.75) is 94.9 Å². The van der Waals surface area contributed by atoms with E-state index in [1.54, 1.807) is 11.3 Å². The fourth-order valence-electron chi connectivity index (χ4n) is 8.29. The zero-order valence-electron chi connectivity index (χ0n) is 27.9. The van der Waals surface area contributed by atoms with Crippen molar-refractivity contribution in [3.8, 4) is 0 Å². The summed E-state index contributed by atoms with van der Waals surface area (Å²) in [7, 11) is 0. The molecule has 3 saturated heterocycles. The number of fused-ring (bicyclic) bond motifs is 1. The quantitative estimate of drug-likeness (QED) is 0.307. The number of ether oxygens (including phenoxy) is 1. The highest BCUT2D eigenvalue weighted by molar-refractivity contribution is 7.10. The van der Waals surface area contributed by atoms with E-state index in [9.17, 15) is 19.5 Å². The highest BCUT2D eigenvalue weighted by Crippen LogP contribution is 2.34. The van der Waals surface area contributed by atoms with Gasteiger partial charge in [-0.1, -0.05) is 30.2 Å². The number of carbonyl (C=O) groups is 3. The van der Waals surface area contributed by atoms with E-state index in [0.717, 1.165) is 55.9 Å². The van der Waals surface area contributed by atoms with Crippen molar-refractivity contribution in [2.24, 2.45) is 5.92 Å². The zero-order chi connectivity index (χ0) is 34.1.